The Hall–Kier alpha value is -2.86. The third-order valence-electron chi connectivity index (χ3n) is 6.09. The van der Waals surface area contributed by atoms with E-state index in [0.717, 1.165) is 28.7 Å². The summed E-state index contributed by atoms with van der Waals surface area (Å²) in [4.78, 5) is 23.8. The predicted molar refractivity (Wildman–Crippen MR) is 120 cm³/mol. The van der Waals surface area contributed by atoms with Gasteiger partial charge in [-0.3, -0.25) is 9.59 Å². The number of esters is 2. The highest BCUT2D eigenvalue weighted by Crippen LogP contribution is 2.40. The Morgan fingerprint density at radius 3 is 2.22 bits per heavy atom. The minimum atomic E-state index is -0.738. The van der Waals surface area contributed by atoms with Crippen LogP contribution in [0, 0.1) is 12.8 Å². The van der Waals surface area contributed by atoms with Crippen molar-refractivity contribution in [1.82, 2.24) is 0 Å². The van der Waals surface area contributed by atoms with E-state index in [9.17, 15) is 14.7 Å². The van der Waals surface area contributed by atoms with E-state index < -0.39 is 30.3 Å². The van der Waals surface area contributed by atoms with Gasteiger partial charge in [-0.2, -0.15) is 0 Å². The Labute approximate surface area is 189 Å². The monoisotopic (exact) mass is 440 g/mol. The van der Waals surface area contributed by atoms with Crippen LogP contribution in [0.5, 0.6) is 5.75 Å². The average molecular weight is 441 g/mol. The lowest BCUT2D eigenvalue weighted by atomic mass is 9.83. The predicted octanol–water partition coefficient (Wildman–Crippen LogP) is 4.64. The molecule has 0 unspecified atom stereocenters. The number of carbonyl (C=O) groups is 2. The first-order valence-corrected chi connectivity index (χ1v) is 11.1. The van der Waals surface area contributed by atoms with Crippen molar-refractivity contribution >= 4 is 11.9 Å². The lowest BCUT2D eigenvalue weighted by molar-refractivity contribution is -0.225. The van der Waals surface area contributed by atoms with Gasteiger partial charge in [0, 0.05) is 19.8 Å². The van der Waals surface area contributed by atoms with Crippen molar-refractivity contribution in [3.63, 3.8) is 0 Å². The smallest absolute Gasteiger partial charge is 0.303 e. The van der Waals surface area contributed by atoms with E-state index in [1.54, 1.807) is 12.1 Å². The van der Waals surface area contributed by atoms with Gasteiger partial charge in [0.05, 0.1) is 6.10 Å². The van der Waals surface area contributed by atoms with Gasteiger partial charge in [-0.05, 0) is 54.2 Å². The van der Waals surface area contributed by atoms with Crippen molar-refractivity contribution in [3.8, 4) is 5.75 Å². The quantitative estimate of drug-likeness (QED) is 0.659. The number of hydrogen-bond acceptors (Lipinski definition) is 6. The number of ether oxygens (including phenoxy) is 3. The highest BCUT2D eigenvalue weighted by molar-refractivity contribution is 5.67. The molecule has 0 saturated carbocycles. The van der Waals surface area contributed by atoms with Crippen molar-refractivity contribution in [2.75, 3.05) is 0 Å². The summed E-state index contributed by atoms with van der Waals surface area (Å²) < 4.78 is 17.7. The summed E-state index contributed by atoms with van der Waals surface area (Å²) in [5.74, 6) is -0.743. The maximum atomic E-state index is 11.9. The van der Waals surface area contributed by atoms with Crippen LogP contribution in [-0.4, -0.2) is 35.4 Å². The SMILES string of the molecule is CC[C@H]1O[C@@H](c2ccc(C)c(Cc3ccc(O)cc3)c2)[C@H](OC(C)=O)[C@@H](OC(C)=O)[C@@H]1C. The van der Waals surface area contributed by atoms with Gasteiger partial charge < -0.3 is 19.3 Å². The summed E-state index contributed by atoms with van der Waals surface area (Å²) in [6, 6.07) is 13.2. The molecule has 1 N–H and O–H groups in total. The van der Waals surface area contributed by atoms with E-state index in [2.05, 4.69) is 6.07 Å². The molecular formula is C26H32O6. The molecule has 1 heterocycles. The van der Waals surface area contributed by atoms with E-state index in [0.29, 0.717) is 6.42 Å². The molecule has 3 rings (SSSR count). The second-order valence-electron chi connectivity index (χ2n) is 8.54. The number of benzene rings is 2. The fourth-order valence-corrected chi connectivity index (χ4v) is 4.39. The highest BCUT2D eigenvalue weighted by atomic mass is 16.6. The van der Waals surface area contributed by atoms with E-state index in [4.69, 9.17) is 14.2 Å². The maximum absolute atomic E-state index is 11.9. The van der Waals surface area contributed by atoms with Crippen molar-refractivity contribution in [3.05, 3.63) is 64.7 Å². The summed E-state index contributed by atoms with van der Waals surface area (Å²) in [6.07, 6.45) is -0.595. The van der Waals surface area contributed by atoms with Gasteiger partial charge in [-0.15, -0.1) is 0 Å². The van der Waals surface area contributed by atoms with Gasteiger partial charge in [0.15, 0.2) is 6.10 Å². The maximum Gasteiger partial charge on any atom is 0.303 e. The van der Waals surface area contributed by atoms with Crippen LogP contribution in [0.2, 0.25) is 0 Å². The zero-order valence-electron chi connectivity index (χ0n) is 19.3. The molecule has 2 aromatic carbocycles. The van der Waals surface area contributed by atoms with E-state index in [1.807, 2.05) is 45.0 Å². The number of aryl methyl sites for hydroxylation is 1. The second-order valence-corrected chi connectivity index (χ2v) is 8.54. The largest absolute Gasteiger partial charge is 0.508 e. The first kappa shape index (κ1) is 23.8. The van der Waals surface area contributed by atoms with Crippen LogP contribution >= 0.6 is 0 Å². The summed E-state index contributed by atoms with van der Waals surface area (Å²) in [6.45, 7) is 8.75. The van der Waals surface area contributed by atoms with Crippen LogP contribution in [0.4, 0.5) is 0 Å². The van der Waals surface area contributed by atoms with Crippen LogP contribution < -0.4 is 0 Å². The van der Waals surface area contributed by atoms with Gasteiger partial charge in [0.2, 0.25) is 0 Å². The molecule has 0 bridgehead atoms. The van der Waals surface area contributed by atoms with Crippen molar-refractivity contribution in [1.29, 1.82) is 0 Å². The van der Waals surface area contributed by atoms with Crippen LogP contribution in [-0.2, 0) is 30.2 Å². The zero-order chi connectivity index (χ0) is 23.4. The summed E-state index contributed by atoms with van der Waals surface area (Å²) in [5, 5.41) is 9.56. The topological polar surface area (TPSA) is 82.1 Å². The fraction of sp³-hybridized carbons (Fsp3) is 0.462. The first-order valence-electron chi connectivity index (χ1n) is 11.1. The van der Waals surface area contributed by atoms with Crippen molar-refractivity contribution in [2.45, 2.75) is 71.9 Å². The Morgan fingerprint density at radius 2 is 1.62 bits per heavy atom. The minimum absolute atomic E-state index is 0.119. The molecule has 1 fully saturated rings. The molecule has 0 amide bonds. The molecule has 0 aromatic heterocycles. The molecular weight excluding hydrogens is 408 g/mol. The molecule has 5 atom stereocenters. The summed E-state index contributed by atoms with van der Waals surface area (Å²) in [5.41, 5.74) is 4.17. The Balaban J connectivity index is 1.98. The summed E-state index contributed by atoms with van der Waals surface area (Å²) in [7, 11) is 0. The fourth-order valence-electron chi connectivity index (χ4n) is 4.39. The Kier molecular flexibility index (Phi) is 7.56. The standard InChI is InChI=1S/C26H32O6/c1-6-23-16(3)24(30-17(4)27)26(31-18(5)28)25(32-23)20-10-7-15(2)21(14-20)13-19-8-11-22(29)12-9-19/h7-12,14,16,23-26,29H,6,13H2,1-5H3/t16-,23-,24+,25+,26-/m1/s1. The van der Waals surface area contributed by atoms with Crippen LogP contribution in [0.15, 0.2) is 42.5 Å². The Morgan fingerprint density at radius 1 is 1.00 bits per heavy atom. The molecule has 172 valence electrons. The first-order chi connectivity index (χ1) is 15.2. The summed E-state index contributed by atoms with van der Waals surface area (Å²) >= 11 is 0. The van der Waals surface area contributed by atoms with Gasteiger partial charge in [0.1, 0.15) is 18.0 Å². The number of phenols is 1. The number of phenolic OH excluding ortho intramolecular Hbond substituents is 1. The van der Waals surface area contributed by atoms with Crippen LogP contribution in [0.3, 0.4) is 0 Å². The molecule has 1 aliphatic rings. The second kappa shape index (κ2) is 10.2. The van der Waals surface area contributed by atoms with E-state index >= 15 is 0 Å². The lowest BCUT2D eigenvalue weighted by Gasteiger charge is -2.44. The van der Waals surface area contributed by atoms with E-state index in [1.165, 1.54) is 13.8 Å². The van der Waals surface area contributed by atoms with Gasteiger partial charge in [-0.1, -0.05) is 44.2 Å². The highest BCUT2D eigenvalue weighted by Gasteiger charge is 2.47. The molecule has 0 aliphatic carbocycles. The molecule has 6 heteroatoms. The molecule has 0 radical (unpaired) electrons. The molecule has 2 aromatic rings. The molecule has 1 saturated heterocycles. The normalized spacial score (nSPS) is 25.2. The lowest BCUT2D eigenvalue weighted by Crippen LogP contribution is -2.52. The van der Waals surface area contributed by atoms with Crippen molar-refractivity contribution < 1.29 is 28.9 Å². The molecule has 1 aliphatic heterocycles. The Bertz CT molecular complexity index is 951. The number of rotatable bonds is 6. The van der Waals surface area contributed by atoms with Crippen LogP contribution in [0.1, 0.15) is 62.5 Å². The van der Waals surface area contributed by atoms with Gasteiger partial charge in [0.25, 0.3) is 0 Å². The molecule has 6 nitrogen and oxygen atoms in total. The average Bonchev–Trinajstić information content (AvgIpc) is 2.73. The zero-order valence-corrected chi connectivity index (χ0v) is 19.3. The minimum Gasteiger partial charge on any atom is -0.508 e. The molecule has 32 heavy (non-hydrogen) atoms. The van der Waals surface area contributed by atoms with E-state index in [-0.39, 0.29) is 17.8 Å². The van der Waals surface area contributed by atoms with Gasteiger partial charge >= 0.3 is 11.9 Å². The third-order valence-corrected chi connectivity index (χ3v) is 6.09. The van der Waals surface area contributed by atoms with Crippen LogP contribution in [0.25, 0.3) is 0 Å². The third kappa shape index (κ3) is 5.49. The molecule has 0 spiro atoms. The number of hydrogen-bond donors (Lipinski definition) is 1. The van der Waals surface area contributed by atoms with Gasteiger partial charge in [-0.25, -0.2) is 0 Å². The van der Waals surface area contributed by atoms with Crippen molar-refractivity contribution in [2.24, 2.45) is 5.92 Å². The number of aromatic hydroxyl groups is 1. The number of carbonyl (C=O) groups excluding carboxylic acids is 2.